The molecule has 2 aromatic carbocycles. The minimum Gasteiger partial charge on any atom is -0.483 e. The summed E-state index contributed by atoms with van der Waals surface area (Å²) in [5, 5.41) is 39.8. The summed E-state index contributed by atoms with van der Waals surface area (Å²) in [5.74, 6) is -0.480. The predicted octanol–water partition coefficient (Wildman–Crippen LogP) is 3.89. The van der Waals surface area contributed by atoms with Crippen molar-refractivity contribution in [2.75, 3.05) is 19.5 Å². The molecule has 2 aromatic heterocycles. The molecule has 19 nitrogen and oxygen atoms in total. The van der Waals surface area contributed by atoms with Crippen LogP contribution in [0, 0.1) is 24.6 Å². The first-order valence-corrected chi connectivity index (χ1v) is 22.1. The van der Waals surface area contributed by atoms with E-state index in [1.165, 1.54) is 13.2 Å². The predicted molar refractivity (Wildman–Crippen MR) is 253 cm³/mol. The van der Waals surface area contributed by atoms with E-state index >= 15 is 0 Å². The van der Waals surface area contributed by atoms with Crippen molar-refractivity contribution in [3.63, 3.8) is 0 Å². The van der Waals surface area contributed by atoms with Gasteiger partial charge < -0.3 is 71.3 Å². The molecule has 0 bridgehead atoms. The third-order valence-corrected chi connectivity index (χ3v) is 11.3. The Morgan fingerprint density at radius 3 is 2.22 bits per heavy atom. The van der Waals surface area contributed by atoms with E-state index in [-0.39, 0.29) is 66.8 Å². The van der Waals surface area contributed by atoms with Gasteiger partial charge in [0.2, 0.25) is 12.7 Å². The molecule has 0 radical (unpaired) electrons. The van der Waals surface area contributed by atoms with Gasteiger partial charge in [-0.05, 0) is 72.6 Å². The molecule has 1 aliphatic carbocycles. The minimum atomic E-state index is -1.43. The number of aliphatic hydroxyl groups excluding tert-OH is 2. The van der Waals surface area contributed by atoms with Crippen LogP contribution < -0.4 is 32.8 Å². The largest absolute Gasteiger partial charge is 0.483 e. The number of nitrogens with zero attached hydrogens (tertiary/aromatic N) is 2. The number of aliphatic carboxylic acids is 1. The Balaban J connectivity index is 0.000000362. The number of primary amides is 1. The number of methoxy groups -OCH3 is 1. The SMILES string of the molecule is CC.CC(C)C(N)[C@@H](C)C=O.CNc1ccc(CN)cc1OC1CC(O)CC(C(=O)O)O1.COCc1c(C(O)C=O)cc2n(c1=O)Cc1c-2nc2cc(F)c(C)c3c2c1CCC3.NC=O.O=CO. The first-order valence-electron chi connectivity index (χ1n) is 22.1. The molecule has 374 valence electrons. The molecule has 4 aromatic rings. The number of nitrogens with one attached hydrogen (secondary N) is 1. The summed E-state index contributed by atoms with van der Waals surface area (Å²) in [6, 6.07) is 8.58. The number of carboxylic acid groups (broad SMARTS) is 2. The highest BCUT2D eigenvalue weighted by Gasteiger charge is 2.35. The number of ether oxygens (including phenoxy) is 3. The van der Waals surface area contributed by atoms with Gasteiger partial charge in [-0.1, -0.05) is 40.7 Å². The van der Waals surface area contributed by atoms with Crippen LogP contribution in [-0.4, -0.2) is 100 Å². The zero-order valence-corrected chi connectivity index (χ0v) is 39.9. The van der Waals surface area contributed by atoms with Crippen LogP contribution in [0.2, 0.25) is 0 Å². The second-order valence-electron chi connectivity index (χ2n) is 16.0. The van der Waals surface area contributed by atoms with E-state index in [9.17, 15) is 33.8 Å². The molecule has 68 heavy (non-hydrogen) atoms. The Hall–Kier alpha value is -6.16. The fraction of sp³-hybridized carbons (Fsp3) is 0.479. The van der Waals surface area contributed by atoms with Gasteiger partial charge in [0.15, 0.2) is 12.4 Å². The number of aldehydes is 2. The molecule has 4 heterocycles. The molecule has 7 rings (SSSR count). The number of aryl methyl sites for hydroxylation is 2. The number of rotatable bonds is 12. The average molecular weight is 955 g/mol. The lowest BCUT2D eigenvalue weighted by Crippen LogP contribution is -2.42. The van der Waals surface area contributed by atoms with Crippen LogP contribution in [0.25, 0.3) is 22.3 Å². The zero-order valence-electron chi connectivity index (χ0n) is 39.9. The molecule has 20 heteroatoms. The molecule has 6 atom stereocenters. The number of fused-ring (bicyclic) bond motifs is 4. The number of carboxylic acids is 1. The topological polar surface area (TPSA) is 319 Å². The van der Waals surface area contributed by atoms with Crippen molar-refractivity contribution < 1.29 is 63.0 Å². The van der Waals surface area contributed by atoms with Gasteiger partial charge in [0, 0.05) is 73.6 Å². The van der Waals surface area contributed by atoms with Gasteiger partial charge in [-0.15, -0.1) is 0 Å². The van der Waals surface area contributed by atoms with E-state index in [1.54, 1.807) is 30.7 Å². The molecule has 5 unspecified atom stereocenters. The highest BCUT2D eigenvalue weighted by atomic mass is 19.1. The molecule has 11 N–H and O–H groups in total. The summed E-state index contributed by atoms with van der Waals surface area (Å²) < 4.78 is 32.4. The summed E-state index contributed by atoms with van der Waals surface area (Å²) in [5.41, 5.74) is 22.7. The number of carbonyl (C=O) groups excluding carboxylic acids is 3. The van der Waals surface area contributed by atoms with Crippen LogP contribution in [0.5, 0.6) is 5.75 Å². The molecule has 3 aliphatic rings. The maximum absolute atomic E-state index is 14.5. The smallest absolute Gasteiger partial charge is 0.333 e. The lowest BCUT2D eigenvalue weighted by Gasteiger charge is -2.31. The standard InChI is InChI=1S/C23H21FN2O4.C14H20N2O5.C7H15NO.C2H6.CH3NO.CH2O2/c1-11-12-4-3-5-13-15-8-26-19(22(15)25-18(21(12)13)7-17(11)24)6-14(20(28)9-27)16(10-30-2)23(26)29;1-16-10-3-2-8(7-15)4-11(10)20-13-6-9(17)5-12(21-13)14(18)19;1-5(2)7(8)6(3)4-9;1-2;2*2-1-3/h6-7,9,20,28H,3-5,8,10H2,1-2H3;2-4,9,12-13,16-17H,5-7,15H2,1H3,(H,18,19);4-7H,8H2,1-3H3;1-2H3;1H,(H2,2,3);1H,(H,2,3)/t;;6-,7?;;;/m..0.../s1. The van der Waals surface area contributed by atoms with Crippen molar-refractivity contribution in [3.8, 4) is 17.1 Å². The van der Waals surface area contributed by atoms with Crippen molar-refractivity contribution in [3.05, 3.63) is 85.4 Å². The Morgan fingerprint density at radius 2 is 1.69 bits per heavy atom. The number of pyridine rings is 2. The zero-order chi connectivity index (χ0) is 51.4. The molecule has 2 aliphatic heterocycles. The summed E-state index contributed by atoms with van der Waals surface area (Å²) in [6.45, 7) is 12.2. The summed E-state index contributed by atoms with van der Waals surface area (Å²) in [6.07, 6.45) is 0.348. The van der Waals surface area contributed by atoms with E-state index in [0.29, 0.717) is 53.5 Å². The molecule has 1 amide bonds. The second kappa shape index (κ2) is 28.2. The van der Waals surface area contributed by atoms with Gasteiger partial charge >= 0.3 is 5.97 Å². The number of nitrogens with two attached hydrogens (primary N) is 3. The maximum atomic E-state index is 14.5. The summed E-state index contributed by atoms with van der Waals surface area (Å²) >= 11 is 0. The number of hydrogen-bond donors (Lipinski definition) is 8. The fourth-order valence-corrected chi connectivity index (χ4v) is 7.88. The maximum Gasteiger partial charge on any atom is 0.333 e. The number of carbonyl (C=O) groups is 5. The second-order valence-corrected chi connectivity index (χ2v) is 16.0. The van der Waals surface area contributed by atoms with Gasteiger partial charge in [-0.2, -0.15) is 0 Å². The summed E-state index contributed by atoms with van der Waals surface area (Å²) in [7, 11) is 3.21. The number of aromatic nitrogens is 2. The van der Waals surface area contributed by atoms with Gasteiger partial charge in [0.05, 0.1) is 41.8 Å². The van der Waals surface area contributed by atoms with Crippen molar-refractivity contribution in [1.29, 1.82) is 0 Å². The van der Waals surface area contributed by atoms with E-state index in [2.05, 4.69) is 11.1 Å². The third kappa shape index (κ3) is 14.4. The van der Waals surface area contributed by atoms with Gasteiger partial charge in [-0.25, -0.2) is 14.2 Å². The lowest BCUT2D eigenvalue weighted by atomic mass is 9.85. The minimum absolute atomic E-state index is 0.00743. The Kier molecular flexibility index (Phi) is 24.1. The molecule has 1 fully saturated rings. The van der Waals surface area contributed by atoms with Gasteiger partial charge in [-0.3, -0.25) is 14.4 Å². The van der Waals surface area contributed by atoms with E-state index < -0.39 is 30.6 Å². The lowest BCUT2D eigenvalue weighted by molar-refractivity contribution is -0.195. The van der Waals surface area contributed by atoms with Crippen LogP contribution in [0.3, 0.4) is 0 Å². The number of benzene rings is 2. The number of anilines is 1. The van der Waals surface area contributed by atoms with Crippen LogP contribution in [0.15, 0.2) is 35.1 Å². The van der Waals surface area contributed by atoms with E-state index in [4.69, 9.17) is 50.5 Å². The van der Waals surface area contributed by atoms with Crippen LogP contribution in [0.1, 0.15) is 98.9 Å². The quantitative estimate of drug-likeness (QED) is 0.0823. The average Bonchev–Trinajstić information content (AvgIpc) is 3.70. The van der Waals surface area contributed by atoms with Crippen molar-refractivity contribution in [2.45, 2.75) is 124 Å². The molecular weight excluding hydrogens is 888 g/mol. The van der Waals surface area contributed by atoms with Crippen LogP contribution >= 0.6 is 0 Å². The third-order valence-electron chi connectivity index (χ3n) is 11.3. The van der Waals surface area contributed by atoms with Crippen molar-refractivity contribution in [2.24, 2.45) is 29.0 Å². The molecular formula is C48H67FN6O13. The van der Waals surface area contributed by atoms with Crippen molar-refractivity contribution >= 4 is 48.0 Å². The molecule has 1 saturated heterocycles. The van der Waals surface area contributed by atoms with Gasteiger partial charge in [0.1, 0.15) is 24.0 Å². The Morgan fingerprint density at radius 1 is 1.06 bits per heavy atom. The summed E-state index contributed by atoms with van der Waals surface area (Å²) in [4.78, 5) is 67.3. The number of halogens is 1. The van der Waals surface area contributed by atoms with Crippen LogP contribution in [-0.2, 0) is 66.0 Å². The normalized spacial score (nSPS) is 17.3. The molecule has 0 saturated carbocycles. The first kappa shape index (κ1) is 58.0. The van der Waals surface area contributed by atoms with Gasteiger partial charge in [0.25, 0.3) is 12.0 Å². The highest BCUT2D eigenvalue weighted by Crippen LogP contribution is 2.41. The number of hydrogen-bond acceptors (Lipinski definition) is 15. The number of amides is 1. The number of aliphatic hydroxyl groups is 2. The first-order chi connectivity index (χ1) is 32.4. The Bertz CT molecular complexity index is 2390. The highest BCUT2D eigenvalue weighted by molar-refractivity contribution is 5.92. The van der Waals surface area contributed by atoms with E-state index in [1.807, 2.05) is 46.8 Å². The van der Waals surface area contributed by atoms with Crippen molar-refractivity contribution in [1.82, 2.24) is 9.55 Å². The monoisotopic (exact) mass is 954 g/mol. The Labute approximate surface area is 394 Å². The van der Waals surface area contributed by atoms with E-state index in [0.717, 1.165) is 58.9 Å². The molecule has 0 spiro atoms. The van der Waals surface area contributed by atoms with Crippen LogP contribution in [0.4, 0.5) is 10.1 Å². The fourth-order valence-electron chi connectivity index (χ4n) is 7.88.